The van der Waals surface area contributed by atoms with E-state index in [-0.39, 0.29) is 11.5 Å². The molecule has 0 aliphatic carbocycles. The summed E-state index contributed by atoms with van der Waals surface area (Å²) in [5, 5.41) is 10.5. The molecule has 1 aromatic rings. The molecular formula is C14H18N2O3. The van der Waals surface area contributed by atoms with E-state index in [0.29, 0.717) is 12.1 Å². The molecule has 0 radical (unpaired) electrons. The van der Waals surface area contributed by atoms with Crippen LogP contribution in [0.5, 0.6) is 0 Å². The van der Waals surface area contributed by atoms with Gasteiger partial charge in [-0.2, -0.15) is 0 Å². The van der Waals surface area contributed by atoms with E-state index in [1.54, 1.807) is 0 Å². The molecule has 2 rings (SSSR count). The molecule has 0 bridgehead atoms. The van der Waals surface area contributed by atoms with Crippen molar-refractivity contribution < 1.29 is 9.72 Å². The third-order valence-corrected chi connectivity index (χ3v) is 3.47. The third kappa shape index (κ3) is 3.86. The average Bonchev–Trinajstić information content (AvgIpc) is 2.67. The molecule has 0 spiro atoms. The molecular weight excluding hydrogens is 244 g/mol. The van der Waals surface area contributed by atoms with Gasteiger partial charge in [0.15, 0.2) is 5.78 Å². The Morgan fingerprint density at radius 1 is 1.11 bits per heavy atom. The van der Waals surface area contributed by atoms with E-state index >= 15 is 0 Å². The summed E-state index contributed by atoms with van der Waals surface area (Å²) in [5.74, 6) is 0.0387. The summed E-state index contributed by atoms with van der Waals surface area (Å²) >= 11 is 0. The highest BCUT2D eigenvalue weighted by atomic mass is 16.6. The second kappa shape index (κ2) is 6.43. The average molecular weight is 262 g/mol. The first-order valence-electron chi connectivity index (χ1n) is 6.67. The third-order valence-electron chi connectivity index (χ3n) is 3.47. The normalized spacial score (nSPS) is 16.8. The minimum Gasteiger partial charge on any atom is -0.296 e. The number of non-ortho nitro benzene ring substituents is 1. The van der Waals surface area contributed by atoms with Crippen LogP contribution in [-0.2, 0) is 0 Å². The van der Waals surface area contributed by atoms with Crippen LogP contribution in [0.25, 0.3) is 0 Å². The number of carbonyl (C=O) groups excluding carboxylic acids is 1. The molecule has 0 unspecified atom stereocenters. The minimum atomic E-state index is -0.455. The van der Waals surface area contributed by atoms with Crippen LogP contribution in [0, 0.1) is 10.1 Å². The molecule has 0 aromatic heterocycles. The van der Waals surface area contributed by atoms with Gasteiger partial charge >= 0.3 is 0 Å². The number of carbonyl (C=O) groups is 1. The molecule has 1 aliphatic heterocycles. The van der Waals surface area contributed by atoms with Crippen LogP contribution in [0.2, 0.25) is 0 Å². The fraction of sp³-hybridized carbons (Fsp3) is 0.500. The van der Waals surface area contributed by atoms with Crippen LogP contribution >= 0.6 is 0 Å². The Hall–Kier alpha value is -1.75. The lowest BCUT2D eigenvalue weighted by Crippen LogP contribution is -2.30. The van der Waals surface area contributed by atoms with Crippen molar-refractivity contribution in [2.24, 2.45) is 0 Å². The molecule has 0 amide bonds. The van der Waals surface area contributed by atoms with Gasteiger partial charge in [0.25, 0.3) is 5.69 Å². The first-order chi connectivity index (χ1) is 9.16. The van der Waals surface area contributed by atoms with Gasteiger partial charge in [-0.1, -0.05) is 12.8 Å². The van der Waals surface area contributed by atoms with Gasteiger partial charge in [-0.15, -0.1) is 0 Å². The Balaban J connectivity index is 1.96. The summed E-state index contributed by atoms with van der Waals surface area (Å²) in [6.45, 7) is 2.36. The fourth-order valence-electron chi connectivity index (χ4n) is 2.36. The molecule has 0 saturated carbocycles. The smallest absolute Gasteiger partial charge is 0.269 e. The van der Waals surface area contributed by atoms with Crippen LogP contribution < -0.4 is 0 Å². The Labute approximate surface area is 112 Å². The topological polar surface area (TPSA) is 63.5 Å². The lowest BCUT2D eigenvalue weighted by molar-refractivity contribution is -0.384. The van der Waals surface area contributed by atoms with Crippen LogP contribution in [0.1, 0.15) is 36.0 Å². The molecule has 0 atom stereocenters. The number of benzene rings is 1. The van der Waals surface area contributed by atoms with Crippen molar-refractivity contribution in [3.8, 4) is 0 Å². The molecule has 1 fully saturated rings. The van der Waals surface area contributed by atoms with E-state index in [2.05, 4.69) is 4.90 Å². The largest absolute Gasteiger partial charge is 0.296 e. The van der Waals surface area contributed by atoms with Gasteiger partial charge in [-0.3, -0.25) is 19.8 Å². The van der Waals surface area contributed by atoms with Crippen molar-refractivity contribution >= 4 is 11.5 Å². The summed E-state index contributed by atoms with van der Waals surface area (Å²) in [5.41, 5.74) is 0.571. The van der Waals surface area contributed by atoms with Gasteiger partial charge in [-0.05, 0) is 38.1 Å². The maximum absolute atomic E-state index is 12.1. The van der Waals surface area contributed by atoms with Gasteiger partial charge < -0.3 is 0 Å². The number of nitro benzene ring substituents is 1. The van der Waals surface area contributed by atoms with E-state index in [1.165, 1.54) is 37.1 Å². The van der Waals surface area contributed by atoms with E-state index < -0.39 is 4.92 Å². The highest BCUT2D eigenvalue weighted by molar-refractivity contribution is 5.97. The first-order valence-corrected chi connectivity index (χ1v) is 6.67. The number of ketones is 1. The molecule has 1 heterocycles. The highest BCUT2D eigenvalue weighted by Gasteiger charge is 2.15. The number of Topliss-reactive ketones (excluding diaryl/α,β-unsaturated/α-hetero) is 1. The SMILES string of the molecule is O=C(CN1CCCCCC1)c1ccc([N+](=O)[O-])cc1. The minimum absolute atomic E-state index is 0.0197. The predicted octanol–water partition coefficient (Wildman–Crippen LogP) is 2.65. The van der Waals surface area contributed by atoms with Gasteiger partial charge in [0.2, 0.25) is 0 Å². The van der Waals surface area contributed by atoms with Crippen molar-refractivity contribution in [2.75, 3.05) is 19.6 Å². The van der Waals surface area contributed by atoms with E-state index in [1.807, 2.05) is 0 Å². The monoisotopic (exact) mass is 262 g/mol. The molecule has 102 valence electrons. The zero-order valence-electron chi connectivity index (χ0n) is 10.9. The highest BCUT2D eigenvalue weighted by Crippen LogP contribution is 2.14. The van der Waals surface area contributed by atoms with E-state index in [4.69, 9.17) is 0 Å². The zero-order valence-corrected chi connectivity index (χ0v) is 10.9. The van der Waals surface area contributed by atoms with Gasteiger partial charge in [0.1, 0.15) is 0 Å². The molecule has 5 heteroatoms. The molecule has 5 nitrogen and oxygen atoms in total. The van der Waals surface area contributed by atoms with Crippen LogP contribution in [0.3, 0.4) is 0 Å². The number of rotatable bonds is 4. The van der Waals surface area contributed by atoms with E-state index in [9.17, 15) is 14.9 Å². The van der Waals surface area contributed by atoms with Gasteiger partial charge in [-0.25, -0.2) is 0 Å². The summed E-state index contributed by atoms with van der Waals surface area (Å²) in [6, 6.07) is 5.85. The van der Waals surface area contributed by atoms with Crippen LogP contribution in [0.4, 0.5) is 5.69 Å². The molecule has 1 aromatic carbocycles. The van der Waals surface area contributed by atoms with Gasteiger partial charge in [0.05, 0.1) is 11.5 Å². The van der Waals surface area contributed by atoms with Crippen LogP contribution in [0.15, 0.2) is 24.3 Å². The first kappa shape index (κ1) is 13.7. The second-order valence-corrected chi connectivity index (χ2v) is 4.92. The Morgan fingerprint density at radius 3 is 2.21 bits per heavy atom. The number of hydrogen-bond donors (Lipinski definition) is 0. The van der Waals surface area contributed by atoms with Crippen molar-refractivity contribution in [1.29, 1.82) is 0 Å². The van der Waals surface area contributed by atoms with Crippen molar-refractivity contribution in [3.05, 3.63) is 39.9 Å². The fourth-order valence-corrected chi connectivity index (χ4v) is 2.36. The molecule has 1 saturated heterocycles. The lowest BCUT2D eigenvalue weighted by atomic mass is 10.1. The number of likely N-dealkylation sites (tertiary alicyclic amines) is 1. The maximum atomic E-state index is 12.1. The molecule has 19 heavy (non-hydrogen) atoms. The summed E-state index contributed by atoms with van der Waals surface area (Å²) in [4.78, 5) is 24.4. The second-order valence-electron chi connectivity index (χ2n) is 4.92. The van der Waals surface area contributed by atoms with Crippen molar-refractivity contribution in [2.45, 2.75) is 25.7 Å². The van der Waals surface area contributed by atoms with E-state index in [0.717, 1.165) is 25.9 Å². The van der Waals surface area contributed by atoms with Gasteiger partial charge in [0, 0.05) is 17.7 Å². The standard InChI is InChI=1S/C14H18N2O3/c17-14(11-15-9-3-1-2-4-10-15)12-5-7-13(8-6-12)16(18)19/h5-8H,1-4,9-11H2. The van der Waals surface area contributed by atoms with Crippen LogP contribution in [-0.4, -0.2) is 35.2 Å². The summed E-state index contributed by atoms with van der Waals surface area (Å²) in [7, 11) is 0. The number of hydrogen-bond acceptors (Lipinski definition) is 4. The summed E-state index contributed by atoms with van der Waals surface area (Å²) in [6.07, 6.45) is 4.77. The lowest BCUT2D eigenvalue weighted by Gasteiger charge is -2.18. The number of nitro groups is 1. The Bertz CT molecular complexity index is 448. The maximum Gasteiger partial charge on any atom is 0.269 e. The van der Waals surface area contributed by atoms with Crippen molar-refractivity contribution in [3.63, 3.8) is 0 Å². The predicted molar refractivity (Wildman–Crippen MR) is 72.3 cm³/mol. The Kier molecular flexibility index (Phi) is 4.63. The Morgan fingerprint density at radius 2 is 1.68 bits per heavy atom. The molecule has 0 N–H and O–H groups in total. The number of nitrogens with zero attached hydrogens (tertiary/aromatic N) is 2. The van der Waals surface area contributed by atoms with Crippen molar-refractivity contribution in [1.82, 2.24) is 4.90 Å². The summed E-state index contributed by atoms with van der Waals surface area (Å²) < 4.78 is 0. The molecule has 1 aliphatic rings. The quantitative estimate of drug-likeness (QED) is 0.475. The zero-order chi connectivity index (χ0) is 13.7.